The van der Waals surface area contributed by atoms with Crippen LogP contribution in [-0.4, -0.2) is 48.6 Å². The molecule has 0 aliphatic heterocycles. The molecule has 1 saturated carbocycles. The Kier molecular flexibility index (Phi) is 10.5. The van der Waals surface area contributed by atoms with Crippen LogP contribution in [0.2, 0.25) is 5.02 Å². The molecule has 1 fully saturated rings. The predicted octanol–water partition coefficient (Wildman–Crippen LogP) is 8.11. The van der Waals surface area contributed by atoms with Gasteiger partial charge < -0.3 is 29.0 Å². The summed E-state index contributed by atoms with van der Waals surface area (Å²) in [6, 6.07) is 15.8. The first-order chi connectivity index (χ1) is 20.6. The van der Waals surface area contributed by atoms with Crippen molar-refractivity contribution >= 4 is 22.6 Å². The molecule has 1 aliphatic rings. The van der Waals surface area contributed by atoms with Gasteiger partial charge in [-0.3, -0.25) is 0 Å². The number of fused-ring (bicyclic) bond motifs is 1. The quantitative estimate of drug-likeness (QED) is 0.136. The highest BCUT2D eigenvalue weighted by Crippen LogP contribution is 2.48. The van der Waals surface area contributed by atoms with Crippen molar-refractivity contribution in [3.63, 3.8) is 0 Å². The van der Waals surface area contributed by atoms with E-state index in [0.29, 0.717) is 43.7 Å². The Morgan fingerprint density at radius 3 is 2.43 bits per heavy atom. The Bertz CT molecular complexity index is 1450. The standard InChI is InChI=1S/C34H41ClN2O5/c1-3-4-18-41-30-22-26(40-19-7-17-38)21-28-32(30)37-34(36-28)27-14-15-29(33(39-2)31(27)24-8-5-6-9-24)42-20-16-23-10-12-25(35)13-11-23/h10-15,21-22,24,38H,3-9,16-20H2,1-2H3,(H,36,37). The van der Waals surface area contributed by atoms with E-state index in [-0.39, 0.29) is 6.61 Å². The summed E-state index contributed by atoms with van der Waals surface area (Å²) in [5.74, 6) is 4.04. The van der Waals surface area contributed by atoms with Crippen LogP contribution in [0, 0.1) is 0 Å². The lowest BCUT2D eigenvalue weighted by Gasteiger charge is -2.21. The molecule has 0 amide bonds. The minimum absolute atomic E-state index is 0.0862. The second kappa shape index (κ2) is 14.7. The highest BCUT2D eigenvalue weighted by atomic mass is 35.5. The number of aromatic nitrogens is 2. The number of nitrogens with zero attached hydrogens (tertiary/aromatic N) is 1. The lowest BCUT2D eigenvalue weighted by atomic mass is 9.91. The molecule has 8 heteroatoms. The van der Waals surface area contributed by atoms with Crippen molar-refractivity contribution in [3.8, 4) is 34.4 Å². The van der Waals surface area contributed by atoms with Crippen LogP contribution in [0.1, 0.15) is 68.9 Å². The average Bonchev–Trinajstić information content (AvgIpc) is 3.69. The Labute approximate surface area is 253 Å². The molecule has 1 heterocycles. The molecule has 42 heavy (non-hydrogen) atoms. The zero-order chi connectivity index (χ0) is 29.3. The number of rotatable bonds is 15. The number of aliphatic hydroxyl groups excluding tert-OH is 1. The van der Waals surface area contributed by atoms with Gasteiger partial charge in [-0.1, -0.05) is 49.9 Å². The SMILES string of the molecule is CCCCOc1cc(OCCCO)cc2[nH]c(-c3ccc(OCCc4ccc(Cl)cc4)c(OC)c3C3CCCC3)nc12. The molecule has 2 N–H and O–H groups in total. The van der Waals surface area contributed by atoms with Crippen molar-refractivity contribution in [1.82, 2.24) is 9.97 Å². The van der Waals surface area contributed by atoms with E-state index in [0.717, 1.165) is 76.6 Å². The van der Waals surface area contributed by atoms with Crippen LogP contribution in [0.3, 0.4) is 0 Å². The molecule has 0 radical (unpaired) electrons. The van der Waals surface area contributed by atoms with Crippen molar-refractivity contribution < 1.29 is 24.1 Å². The van der Waals surface area contributed by atoms with E-state index in [1.165, 1.54) is 18.4 Å². The third-order valence-corrected chi connectivity index (χ3v) is 8.05. The number of hydrogen-bond acceptors (Lipinski definition) is 6. The zero-order valence-corrected chi connectivity index (χ0v) is 25.3. The molecule has 7 nitrogen and oxygen atoms in total. The number of imidazole rings is 1. The highest BCUT2D eigenvalue weighted by molar-refractivity contribution is 6.30. The normalized spacial score (nSPS) is 13.5. The Morgan fingerprint density at radius 1 is 0.929 bits per heavy atom. The van der Waals surface area contributed by atoms with Crippen molar-refractivity contribution in [3.05, 3.63) is 64.7 Å². The fraction of sp³-hybridized carbons (Fsp3) is 0.441. The molecule has 0 spiro atoms. The molecular formula is C34H41ClN2O5. The number of methoxy groups -OCH3 is 1. The van der Waals surface area contributed by atoms with Gasteiger partial charge in [0.2, 0.25) is 0 Å². The summed E-state index contributed by atoms with van der Waals surface area (Å²) in [5, 5.41) is 9.92. The first-order valence-corrected chi connectivity index (χ1v) is 15.5. The van der Waals surface area contributed by atoms with Gasteiger partial charge in [0.25, 0.3) is 0 Å². The van der Waals surface area contributed by atoms with Gasteiger partial charge in [0.15, 0.2) is 17.2 Å². The monoisotopic (exact) mass is 592 g/mol. The first kappa shape index (κ1) is 30.1. The molecular weight excluding hydrogens is 552 g/mol. The minimum Gasteiger partial charge on any atom is -0.493 e. The van der Waals surface area contributed by atoms with Crippen molar-refractivity contribution in [2.75, 3.05) is 33.5 Å². The maximum atomic E-state index is 9.19. The lowest BCUT2D eigenvalue weighted by Crippen LogP contribution is -2.07. The number of nitrogens with one attached hydrogen (secondary N) is 1. The summed E-state index contributed by atoms with van der Waals surface area (Å²) < 4.78 is 24.5. The largest absolute Gasteiger partial charge is 0.493 e. The summed E-state index contributed by atoms with van der Waals surface area (Å²) >= 11 is 6.05. The van der Waals surface area contributed by atoms with E-state index in [1.807, 2.05) is 42.5 Å². The number of unbranched alkanes of at least 4 members (excludes halogenated alkanes) is 1. The third kappa shape index (κ3) is 7.13. The Balaban J connectivity index is 1.49. The fourth-order valence-electron chi connectivity index (χ4n) is 5.62. The summed E-state index contributed by atoms with van der Waals surface area (Å²) in [4.78, 5) is 8.61. The summed E-state index contributed by atoms with van der Waals surface area (Å²) in [6.07, 6.45) is 7.93. The molecule has 4 aromatic rings. The van der Waals surface area contributed by atoms with Gasteiger partial charge in [0.1, 0.15) is 17.1 Å². The summed E-state index contributed by atoms with van der Waals surface area (Å²) in [7, 11) is 1.72. The van der Waals surface area contributed by atoms with Crippen molar-refractivity contribution in [1.29, 1.82) is 0 Å². The van der Waals surface area contributed by atoms with Gasteiger partial charge >= 0.3 is 0 Å². The molecule has 0 bridgehead atoms. The predicted molar refractivity (Wildman–Crippen MR) is 168 cm³/mol. The third-order valence-electron chi connectivity index (χ3n) is 7.80. The first-order valence-electron chi connectivity index (χ1n) is 15.1. The van der Waals surface area contributed by atoms with Gasteiger partial charge in [-0.25, -0.2) is 4.98 Å². The van der Waals surface area contributed by atoms with Gasteiger partial charge in [-0.2, -0.15) is 0 Å². The molecule has 1 aromatic heterocycles. The second-order valence-corrected chi connectivity index (χ2v) is 11.2. The summed E-state index contributed by atoms with van der Waals surface area (Å²) in [5.41, 5.74) is 4.95. The van der Waals surface area contributed by atoms with E-state index in [1.54, 1.807) is 7.11 Å². The molecule has 5 rings (SSSR count). The topological polar surface area (TPSA) is 85.8 Å². The van der Waals surface area contributed by atoms with Gasteiger partial charge in [0.05, 0.1) is 32.4 Å². The number of hydrogen-bond donors (Lipinski definition) is 2. The zero-order valence-electron chi connectivity index (χ0n) is 24.6. The van der Waals surface area contributed by atoms with Gasteiger partial charge in [0, 0.05) is 47.7 Å². The van der Waals surface area contributed by atoms with Crippen molar-refractivity contribution in [2.45, 2.75) is 64.2 Å². The lowest BCUT2D eigenvalue weighted by molar-refractivity contribution is 0.233. The molecule has 0 unspecified atom stereocenters. The van der Waals surface area contributed by atoms with E-state index in [9.17, 15) is 5.11 Å². The number of H-pyrrole nitrogens is 1. The maximum Gasteiger partial charge on any atom is 0.164 e. The summed E-state index contributed by atoms with van der Waals surface area (Å²) in [6.45, 7) is 3.80. The maximum absolute atomic E-state index is 9.19. The van der Waals surface area contributed by atoms with Crippen LogP contribution >= 0.6 is 11.6 Å². The second-order valence-electron chi connectivity index (χ2n) is 10.8. The van der Waals surface area contributed by atoms with Gasteiger partial charge in [-0.05, 0) is 55.0 Å². The average molecular weight is 593 g/mol. The van der Waals surface area contributed by atoms with Crippen LogP contribution in [0.4, 0.5) is 0 Å². The Morgan fingerprint density at radius 2 is 1.69 bits per heavy atom. The Hall–Kier alpha value is -3.42. The van der Waals surface area contributed by atoms with E-state index in [4.69, 9.17) is 35.5 Å². The fourth-order valence-corrected chi connectivity index (χ4v) is 5.75. The van der Waals surface area contributed by atoms with Crippen LogP contribution in [0.15, 0.2) is 48.5 Å². The van der Waals surface area contributed by atoms with Crippen LogP contribution in [0.5, 0.6) is 23.0 Å². The van der Waals surface area contributed by atoms with E-state index < -0.39 is 0 Å². The van der Waals surface area contributed by atoms with Crippen LogP contribution in [0.25, 0.3) is 22.4 Å². The molecule has 0 saturated heterocycles. The number of halogens is 1. The number of ether oxygens (including phenoxy) is 4. The minimum atomic E-state index is 0.0862. The van der Waals surface area contributed by atoms with Crippen LogP contribution < -0.4 is 18.9 Å². The number of aromatic amines is 1. The molecule has 0 atom stereocenters. The molecule has 3 aromatic carbocycles. The van der Waals surface area contributed by atoms with E-state index in [2.05, 4.69) is 18.0 Å². The van der Waals surface area contributed by atoms with Crippen LogP contribution in [-0.2, 0) is 6.42 Å². The van der Waals surface area contributed by atoms with E-state index >= 15 is 0 Å². The molecule has 1 aliphatic carbocycles. The number of benzene rings is 3. The van der Waals surface area contributed by atoms with Crippen molar-refractivity contribution in [2.24, 2.45) is 0 Å². The highest BCUT2D eigenvalue weighted by Gasteiger charge is 2.28. The van der Waals surface area contributed by atoms with Gasteiger partial charge in [-0.15, -0.1) is 0 Å². The smallest absolute Gasteiger partial charge is 0.164 e. The molecule has 224 valence electrons. The number of aliphatic hydroxyl groups is 1.